The maximum absolute atomic E-state index is 12.3. The Kier molecular flexibility index (Phi) is 7.61. The number of amides is 2. The van der Waals surface area contributed by atoms with E-state index in [1.165, 1.54) is 29.7 Å². The third-order valence-electron chi connectivity index (χ3n) is 4.92. The largest absolute Gasteiger partial charge is 0.497 e. The molecule has 174 valence electrons. The molecule has 2 amide bonds. The molecule has 2 N–H and O–H groups in total. The number of benzene rings is 2. The first-order valence-corrected chi connectivity index (χ1v) is 11.5. The molecule has 0 atom stereocenters. The Balaban J connectivity index is 1.45. The SMILES string of the molecule is COc1ccc(-c2nnc(SCC(=O)NNC(=O)c3ccco3)n2CCc2ccccc2)cc1. The Hall–Kier alpha value is -4.05. The highest BCUT2D eigenvalue weighted by molar-refractivity contribution is 7.99. The number of ether oxygens (including phenoxy) is 1. The van der Waals surface area contributed by atoms with Crippen molar-refractivity contribution in [2.45, 2.75) is 18.1 Å². The summed E-state index contributed by atoms with van der Waals surface area (Å²) >= 11 is 1.24. The van der Waals surface area contributed by atoms with Gasteiger partial charge in [-0.15, -0.1) is 10.2 Å². The molecular weight excluding hydrogens is 454 g/mol. The van der Waals surface area contributed by atoms with Gasteiger partial charge in [-0.05, 0) is 48.4 Å². The van der Waals surface area contributed by atoms with Crippen molar-refractivity contribution >= 4 is 23.6 Å². The van der Waals surface area contributed by atoms with Crippen LogP contribution in [0.5, 0.6) is 5.75 Å². The lowest BCUT2D eigenvalue weighted by Crippen LogP contribution is -2.42. The number of hydrogen-bond acceptors (Lipinski definition) is 7. The van der Waals surface area contributed by atoms with Gasteiger partial charge in [-0.1, -0.05) is 42.1 Å². The van der Waals surface area contributed by atoms with Crippen molar-refractivity contribution < 1.29 is 18.7 Å². The van der Waals surface area contributed by atoms with Crippen molar-refractivity contribution in [1.29, 1.82) is 0 Å². The molecule has 0 saturated carbocycles. The van der Waals surface area contributed by atoms with Gasteiger partial charge in [0, 0.05) is 12.1 Å². The zero-order chi connectivity index (χ0) is 23.8. The Morgan fingerprint density at radius 2 is 1.79 bits per heavy atom. The number of nitrogens with one attached hydrogen (secondary N) is 2. The lowest BCUT2D eigenvalue weighted by molar-refractivity contribution is -0.119. The first kappa shape index (κ1) is 23.1. The number of furan rings is 1. The van der Waals surface area contributed by atoms with E-state index >= 15 is 0 Å². The van der Waals surface area contributed by atoms with Crippen LogP contribution in [-0.2, 0) is 17.8 Å². The minimum absolute atomic E-state index is 0.0461. The lowest BCUT2D eigenvalue weighted by Gasteiger charge is -2.11. The molecule has 0 aliphatic carbocycles. The minimum Gasteiger partial charge on any atom is -0.497 e. The van der Waals surface area contributed by atoms with Crippen LogP contribution in [0.1, 0.15) is 16.1 Å². The van der Waals surface area contributed by atoms with Gasteiger partial charge in [-0.2, -0.15) is 0 Å². The molecule has 0 spiro atoms. The number of thioether (sulfide) groups is 1. The van der Waals surface area contributed by atoms with Crippen molar-refractivity contribution in [2.75, 3.05) is 12.9 Å². The van der Waals surface area contributed by atoms with E-state index in [0.29, 0.717) is 17.5 Å². The molecule has 0 fully saturated rings. The molecule has 2 aromatic heterocycles. The summed E-state index contributed by atoms with van der Waals surface area (Å²) in [6, 6.07) is 20.8. The van der Waals surface area contributed by atoms with Crippen molar-refractivity contribution in [1.82, 2.24) is 25.6 Å². The molecule has 0 unspecified atom stereocenters. The van der Waals surface area contributed by atoms with Gasteiger partial charge in [0.1, 0.15) is 5.75 Å². The Morgan fingerprint density at radius 3 is 2.50 bits per heavy atom. The van der Waals surface area contributed by atoms with Crippen LogP contribution in [0.2, 0.25) is 0 Å². The van der Waals surface area contributed by atoms with Crippen LogP contribution < -0.4 is 15.6 Å². The van der Waals surface area contributed by atoms with E-state index in [-0.39, 0.29) is 17.4 Å². The molecule has 34 heavy (non-hydrogen) atoms. The van der Waals surface area contributed by atoms with Gasteiger partial charge in [0.25, 0.3) is 0 Å². The topological polar surface area (TPSA) is 111 Å². The van der Waals surface area contributed by atoms with Gasteiger partial charge in [0.15, 0.2) is 16.7 Å². The van der Waals surface area contributed by atoms with Gasteiger partial charge in [0.2, 0.25) is 5.91 Å². The van der Waals surface area contributed by atoms with E-state index in [0.717, 1.165) is 17.7 Å². The Morgan fingerprint density at radius 1 is 1.00 bits per heavy atom. The lowest BCUT2D eigenvalue weighted by atomic mass is 10.1. The number of hydrazine groups is 1. The standard InChI is InChI=1S/C24H23N5O4S/c1-32-19-11-9-18(10-12-19)22-26-28-24(29(22)14-13-17-6-3-2-4-7-17)34-16-21(30)25-27-23(31)20-8-5-15-33-20/h2-12,15H,13-14,16H2,1H3,(H,25,30)(H,27,31). The minimum atomic E-state index is -0.531. The fourth-order valence-electron chi connectivity index (χ4n) is 3.20. The van der Waals surface area contributed by atoms with Crippen molar-refractivity contribution in [2.24, 2.45) is 0 Å². The summed E-state index contributed by atoms with van der Waals surface area (Å²) in [6.07, 6.45) is 2.16. The summed E-state index contributed by atoms with van der Waals surface area (Å²) in [6.45, 7) is 0.636. The van der Waals surface area contributed by atoms with E-state index < -0.39 is 5.91 Å². The smallest absolute Gasteiger partial charge is 0.305 e. The highest BCUT2D eigenvalue weighted by Crippen LogP contribution is 2.26. The number of carbonyl (C=O) groups is 2. The molecule has 2 heterocycles. The van der Waals surface area contributed by atoms with Crippen LogP contribution in [0, 0.1) is 0 Å². The first-order chi connectivity index (χ1) is 16.6. The third-order valence-corrected chi connectivity index (χ3v) is 5.89. The number of carbonyl (C=O) groups excluding carboxylic acids is 2. The highest BCUT2D eigenvalue weighted by Gasteiger charge is 2.17. The number of aromatic nitrogens is 3. The van der Waals surface area contributed by atoms with Gasteiger partial charge in [-0.25, -0.2) is 0 Å². The maximum atomic E-state index is 12.3. The summed E-state index contributed by atoms with van der Waals surface area (Å²) in [7, 11) is 1.62. The average Bonchev–Trinajstić information content (AvgIpc) is 3.56. The van der Waals surface area contributed by atoms with Crippen LogP contribution in [0.4, 0.5) is 0 Å². The van der Waals surface area contributed by atoms with Crippen LogP contribution in [-0.4, -0.2) is 39.4 Å². The first-order valence-electron chi connectivity index (χ1n) is 10.5. The molecule has 0 aliphatic heterocycles. The number of aryl methyl sites for hydroxylation is 1. The van der Waals surface area contributed by atoms with Gasteiger partial charge in [-0.3, -0.25) is 20.4 Å². The predicted octanol–water partition coefficient (Wildman–Crippen LogP) is 3.34. The second-order valence-corrected chi connectivity index (χ2v) is 8.13. The summed E-state index contributed by atoms with van der Waals surface area (Å²) in [5.41, 5.74) is 6.78. The number of rotatable bonds is 9. The molecule has 10 heteroatoms. The normalized spacial score (nSPS) is 10.6. The molecule has 4 rings (SSSR count). The quantitative estimate of drug-likeness (QED) is 0.281. The number of methoxy groups -OCH3 is 1. The molecule has 2 aromatic carbocycles. The van der Waals surface area contributed by atoms with Crippen molar-refractivity contribution in [3.8, 4) is 17.1 Å². The fourth-order valence-corrected chi connectivity index (χ4v) is 3.96. The molecule has 9 nitrogen and oxygen atoms in total. The molecule has 0 saturated heterocycles. The van der Waals surface area contributed by atoms with Crippen LogP contribution in [0.3, 0.4) is 0 Å². The second kappa shape index (κ2) is 11.2. The van der Waals surface area contributed by atoms with Crippen LogP contribution in [0.15, 0.2) is 82.6 Å². The molecule has 0 bridgehead atoms. The Bertz CT molecular complexity index is 1220. The van der Waals surface area contributed by atoms with Crippen LogP contribution in [0.25, 0.3) is 11.4 Å². The monoisotopic (exact) mass is 477 g/mol. The summed E-state index contributed by atoms with van der Waals surface area (Å²) < 4.78 is 12.2. The average molecular weight is 478 g/mol. The van der Waals surface area contributed by atoms with Crippen molar-refractivity contribution in [3.05, 3.63) is 84.3 Å². The van der Waals surface area contributed by atoms with Gasteiger partial charge in [0.05, 0.1) is 19.1 Å². The zero-order valence-electron chi connectivity index (χ0n) is 18.4. The van der Waals surface area contributed by atoms with E-state index in [4.69, 9.17) is 9.15 Å². The second-order valence-electron chi connectivity index (χ2n) is 7.19. The van der Waals surface area contributed by atoms with Crippen LogP contribution >= 0.6 is 11.8 Å². The van der Waals surface area contributed by atoms with Gasteiger partial charge >= 0.3 is 5.91 Å². The third kappa shape index (κ3) is 5.84. The van der Waals surface area contributed by atoms with Gasteiger partial charge < -0.3 is 13.7 Å². The summed E-state index contributed by atoms with van der Waals surface area (Å²) in [5, 5.41) is 9.30. The van der Waals surface area contributed by atoms with E-state index in [9.17, 15) is 9.59 Å². The molecule has 4 aromatic rings. The zero-order valence-corrected chi connectivity index (χ0v) is 19.2. The molecule has 0 aliphatic rings. The Labute approximate surface area is 200 Å². The maximum Gasteiger partial charge on any atom is 0.305 e. The van der Waals surface area contributed by atoms with E-state index in [1.807, 2.05) is 47.0 Å². The molecule has 0 radical (unpaired) electrons. The molecular formula is C24H23N5O4S. The number of hydrogen-bond donors (Lipinski definition) is 2. The van der Waals surface area contributed by atoms with E-state index in [2.05, 4.69) is 33.2 Å². The highest BCUT2D eigenvalue weighted by atomic mass is 32.2. The van der Waals surface area contributed by atoms with Crippen molar-refractivity contribution in [3.63, 3.8) is 0 Å². The fraction of sp³-hybridized carbons (Fsp3) is 0.167. The summed E-state index contributed by atoms with van der Waals surface area (Å²) in [5.74, 6) is 0.696. The predicted molar refractivity (Wildman–Crippen MR) is 127 cm³/mol. The summed E-state index contributed by atoms with van der Waals surface area (Å²) in [4.78, 5) is 24.2. The van der Waals surface area contributed by atoms with E-state index in [1.54, 1.807) is 13.2 Å². The number of nitrogens with zero attached hydrogens (tertiary/aromatic N) is 3.